The molecule has 0 spiro atoms. The van der Waals surface area contributed by atoms with E-state index in [9.17, 15) is 24.3 Å². The lowest BCUT2D eigenvalue weighted by Gasteiger charge is -2.37. The molecular formula is C47H58N10O6S. The summed E-state index contributed by atoms with van der Waals surface area (Å²) in [6.45, 7) is 14.8. The Morgan fingerprint density at radius 1 is 1.00 bits per heavy atom. The minimum Gasteiger partial charge on any atom is -0.494 e. The number of carbonyl (C=O) groups excluding carboxylic acids is 4. The van der Waals surface area contributed by atoms with Crippen molar-refractivity contribution < 1.29 is 29.0 Å². The lowest BCUT2D eigenvalue weighted by atomic mass is 9.85. The Morgan fingerprint density at radius 3 is 2.41 bits per heavy atom. The second kappa shape index (κ2) is 19.7. The summed E-state index contributed by atoms with van der Waals surface area (Å²) in [5.74, 6) is -0.861. The molecule has 2 aromatic carbocycles. The number of piperazine rings is 1. The number of amides is 4. The van der Waals surface area contributed by atoms with Crippen LogP contribution in [-0.2, 0) is 14.4 Å². The summed E-state index contributed by atoms with van der Waals surface area (Å²) < 4.78 is 5.68. The van der Waals surface area contributed by atoms with Crippen LogP contribution in [0.15, 0.2) is 72.4 Å². The van der Waals surface area contributed by atoms with Crippen LogP contribution in [0.4, 0.5) is 11.4 Å². The van der Waals surface area contributed by atoms with Gasteiger partial charge in [0.15, 0.2) is 0 Å². The van der Waals surface area contributed by atoms with Crippen molar-refractivity contribution >= 4 is 46.3 Å². The van der Waals surface area contributed by atoms with Gasteiger partial charge in [0.2, 0.25) is 17.7 Å². The van der Waals surface area contributed by atoms with Gasteiger partial charge in [0.25, 0.3) is 5.91 Å². The van der Waals surface area contributed by atoms with Crippen molar-refractivity contribution in [3.8, 4) is 27.6 Å². The predicted octanol–water partition coefficient (Wildman–Crippen LogP) is 5.36. The highest BCUT2D eigenvalue weighted by atomic mass is 32.1. The van der Waals surface area contributed by atoms with E-state index in [1.807, 2.05) is 95.6 Å². The standard InChI is InChI=1S/C47H58N10O6S/c1-28-25-49-54-41(28)36-9-8-10-37(51-36)44(60)52-35-16-15-33(23-39(35)63-7)56-21-19-55(20-22-56)18-17-40(59)53-43(47(4,5)6)46(62)57-26-34(58)24-38(57)45(61)50-29(2)31-11-13-32(14-12-31)42-30(3)48-27-64-42/h8-16,23,25,27,29,34,38,43,58H,17-22,24,26H2,1-7H3,(H,49,54)(H,50,61)(H,52,60)(H,53,59)/t29-,34+,38-,43+/m0/s1. The van der Waals surface area contributed by atoms with Gasteiger partial charge in [-0.2, -0.15) is 5.10 Å². The van der Waals surface area contributed by atoms with E-state index in [2.05, 4.69) is 45.9 Å². The van der Waals surface area contributed by atoms with Crippen LogP contribution >= 0.6 is 11.3 Å². The molecule has 0 bridgehead atoms. The number of nitrogens with zero attached hydrogens (tertiary/aromatic N) is 6. The van der Waals surface area contributed by atoms with E-state index < -0.39 is 29.5 Å². The van der Waals surface area contributed by atoms with Crippen molar-refractivity contribution in [2.45, 2.75) is 78.6 Å². The molecule has 5 heterocycles. The summed E-state index contributed by atoms with van der Waals surface area (Å²) in [7, 11) is 1.56. The second-order valence-corrected chi connectivity index (χ2v) is 18.5. The quantitative estimate of drug-likeness (QED) is 0.0964. The highest BCUT2D eigenvalue weighted by molar-refractivity contribution is 7.13. The van der Waals surface area contributed by atoms with Crippen molar-refractivity contribution in [3.05, 3.63) is 94.9 Å². The molecule has 4 atom stereocenters. The fourth-order valence-electron chi connectivity index (χ4n) is 8.21. The summed E-state index contributed by atoms with van der Waals surface area (Å²) >= 11 is 1.58. The van der Waals surface area contributed by atoms with Crippen LogP contribution in [0.1, 0.15) is 73.9 Å². The van der Waals surface area contributed by atoms with Crippen LogP contribution in [0.3, 0.4) is 0 Å². The minimum absolute atomic E-state index is 0.00305. The van der Waals surface area contributed by atoms with E-state index in [-0.39, 0.29) is 48.8 Å². The first-order chi connectivity index (χ1) is 30.6. The summed E-state index contributed by atoms with van der Waals surface area (Å²) in [5, 5.41) is 26.7. The normalized spacial score (nSPS) is 17.8. The van der Waals surface area contributed by atoms with Crippen molar-refractivity contribution in [2.24, 2.45) is 5.41 Å². The second-order valence-electron chi connectivity index (χ2n) is 17.6. The van der Waals surface area contributed by atoms with Gasteiger partial charge in [-0.15, -0.1) is 11.3 Å². The van der Waals surface area contributed by atoms with Crippen molar-refractivity contribution in [1.82, 2.24) is 40.6 Å². The zero-order chi connectivity index (χ0) is 45.7. The van der Waals surface area contributed by atoms with Gasteiger partial charge in [0.05, 0.1) is 46.7 Å². The molecule has 5 aromatic rings. The van der Waals surface area contributed by atoms with Crippen LogP contribution in [0, 0.1) is 19.3 Å². The number of likely N-dealkylation sites (tertiary alicyclic amines) is 1. The van der Waals surface area contributed by atoms with Gasteiger partial charge < -0.3 is 35.6 Å². The molecule has 338 valence electrons. The number of β-amino-alcohol motifs (C(OH)–C–C–N with tert-alkyl or cyclic N) is 1. The molecule has 2 fully saturated rings. The lowest BCUT2D eigenvalue weighted by Crippen LogP contribution is -2.58. The van der Waals surface area contributed by atoms with E-state index in [1.54, 1.807) is 36.8 Å². The number of thiazole rings is 1. The molecule has 2 aliphatic heterocycles. The zero-order valence-electron chi connectivity index (χ0n) is 37.5. The largest absolute Gasteiger partial charge is 0.494 e. The number of methoxy groups -OCH3 is 1. The maximum atomic E-state index is 14.2. The molecule has 16 nitrogen and oxygen atoms in total. The van der Waals surface area contributed by atoms with E-state index in [0.717, 1.165) is 32.9 Å². The predicted molar refractivity (Wildman–Crippen MR) is 247 cm³/mol. The highest BCUT2D eigenvalue weighted by Crippen LogP contribution is 2.32. The highest BCUT2D eigenvalue weighted by Gasteiger charge is 2.44. The van der Waals surface area contributed by atoms with Crippen molar-refractivity contribution in [1.29, 1.82) is 0 Å². The molecule has 17 heteroatoms. The Bertz CT molecular complexity index is 2460. The number of benzene rings is 2. The number of aliphatic hydroxyl groups is 1. The summed E-state index contributed by atoms with van der Waals surface area (Å²) in [6, 6.07) is 16.7. The molecule has 0 unspecified atom stereocenters. The van der Waals surface area contributed by atoms with Gasteiger partial charge in [-0.3, -0.25) is 29.2 Å². The molecule has 64 heavy (non-hydrogen) atoms. The molecule has 2 saturated heterocycles. The van der Waals surface area contributed by atoms with Crippen LogP contribution < -0.4 is 25.6 Å². The number of hydrogen-bond acceptors (Lipinski definition) is 12. The molecule has 5 N–H and O–H groups in total. The molecule has 3 aromatic heterocycles. The van der Waals surface area contributed by atoms with Crippen LogP contribution in [0.5, 0.6) is 5.75 Å². The fourth-order valence-corrected chi connectivity index (χ4v) is 9.02. The number of aliphatic hydroxyl groups excluding tert-OH is 1. The number of hydrogen-bond donors (Lipinski definition) is 5. The topological polar surface area (TPSA) is 198 Å². The maximum absolute atomic E-state index is 14.2. The number of rotatable bonds is 14. The number of H-pyrrole nitrogens is 1. The van der Waals surface area contributed by atoms with E-state index in [0.29, 0.717) is 55.5 Å². The number of aromatic amines is 1. The average molecular weight is 891 g/mol. The first kappa shape index (κ1) is 45.8. The van der Waals surface area contributed by atoms with Gasteiger partial charge in [-0.05, 0) is 67.1 Å². The van der Waals surface area contributed by atoms with E-state index in [4.69, 9.17) is 4.74 Å². The first-order valence-corrected chi connectivity index (χ1v) is 22.5. The van der Waals surface area contributed by atoms with Gasteiger partial charge in [-0.1, -0.05) is 51.1 Å². The number of ether oxygens (including phenoxy) is 1. The third-order valence-electron chi connectivity index (χ3n) is 11.9. The molecule has 0 saturated carbocycles. The van der Waals surface area contributed by atoms with E-state index in [1.165, 1.54) is 4.90 Å². The Morgan fingerprint density at radius 2 is 1.75 bits per heavy atom. The molecule has 0 aliphatic carbocycles. The zero-order valence-corrected chi connectivity index (χ0v) is 38.3. The van der Waals surface area contributed by atoms with Crippen LogP contribution in [0.25, 0.3) is 21.8 Å². The van der Waals surface area contributed by atoms with Crippen LogP contribution in [-0.4, -0.2) is 123 Å². The first-order valence-electron chi connectivity index (χ1n) is 21.6. The molecule has 2 aliphatic rings. The Kier molecular flexibility index (Phi) is 14.1. The van der Waals surface area contributed by atoms with Gasteiger partial charge >= 0.3 is 0 Å². The molecule has 7 rings (SSSR count). The van der Waals surface area contributed by atoms with Crippen molar-refractivity contribution in [3.63, 3.8) is 0 Å². The number of anilines is 2. The Balaban J connectivity index is 0.898. The number of nitrogens with one attached hydrogen (secondary N) is 4. The molecule has 0 radical (unpaired) electrons. The SMILES string of the molecule is COc1cc(N2CCN(CCC(=O)N[C@H](C(=O)N3C[C@H](O)C[C@H]3C(=O)N[C@@H](C)c3ccc(-c4scnc4C)cc3)C(C)(C)C)CC2)ccc1NC(=O)c1cccc(-c2n[nH]cc2C)n1. The third-order valence-corrected chi connectivity index (χ3v) is 12.9. The monoisotopic (exact) mass is 890 g/mol. The minimum atomic E-state index is -0.909. The summed E-state index contributed by atoms with van der Waals surface area (Å²) in [4.78, 5) is 70.5. The summed E-state index contributed by atoms with van der Waals surface area (Å²) in [5.41, 5.74) is 8.01. The summed E-state index contributed by atoms with van der Waals surface area (Å²) in [6.07, 6.45) is 1.21. The third kappa shape index (κ3) is 10.6. The van der Waals surface area contributed by atoms with Crippen molar-refractivity contribution in [2.75, 3.05) is 56.6 Å². The number of carbonyl (C=O) groups is 4. The van der Waals surface area contributed by atoms with Gasteiger partial charge in [0.1, 0.15) is 29.2 Å². The van der Waals surface area contributed by atoms with Gasteiger partial charge in [0, 0.05) is 70.1 Å². The van der Waals surface area contributed by atoms with E-state index >= 15 is 0 Å². The smallest absolute Gasteiger partial charge is 0.274 e. The number of pyridine rings is 1. The number of aryl methyl sites for hydroxylation is 2. The Labute approximate surface area is 377 Å². The Hall–Kier alpha value is -6.17. The fraction of sp³-hybridized carbons (Fsp3) is 0.426. The lowest BCUT2D eigenvalue weighted by molar-refractivity contribution is -0.144. The number of aromatic nitrogens is 4. The molecule has 4 amide bonds. The molecular weight excluding hydrogens is 833 g/mol. The van der Waals surface area contributed by atoms with Crippen LogP contribution in [0.2, 0.25) is 0 Å². The maximum Gasteiger partial charge on any atom is 0.274 e. The van der Waals surface area contributed by atoms with Gasteiger partial charge in [-0.25, -0.2) is 9.97 Å². The average Bonchev–Trinajstić information content (AvgIpc) is 4.03.